The van der Waals surface area contributed by atoms with Crippen LogP contribution in [0.3, 0.4) is 0 Å². The van der Waals surface area contributed by atoms with E-state index in [1.807, 2.05) is 24.3 Å². The highest BCUT2D eigenvalue weighted by molar-refractivity contribution is 7.18. The number of thiophene rings is 1. The summed E-state index contributed by atoms with van der Waals surface area (Å²) in [4.78, 5) is 26.4. The van der Waals surface area contributed by atoms with Gasteiger partial charge in [-0.3, -0.25) is 9.59 Å². The zero-order valence-corrected chi connectivity index (χ0v) is 14.6. The highest BCUT2D eigenvalue weighted by Gasteiger charge is 2.15. The molecule has 0 saturated heterocycles. The Hall–Kier alpha value is -1.85. The number of halogens is 1. The van der Waals surface area contributed by atoms with Crippen LogP contribution < -0.4 is 4.74 Å². The van der Waals surface area contributed by atoms with Crippen LogP contribution in [-0.2, 0) is 11.3 Å². The van der Waals surface area contributed by atoms with Crippen LogP contribution in [0.15, 0.2) is 36.4 Å². The van der Waals surface area contributed by atoms with E-state index >= 15 is 0 Å². The monoisotopic (exact) mass is 351 g/mol. The van der Waals surface area contributed by atoms with Crippen molar-refractivity contribution in [3.8, 4) is 5.75 Å². The lowest BCUT2D eigenvalue weighted by molar-refractivity contribution is -0.130. The minimum absolute atomic E-state index is 0.0547. The molecule has 0 aliphatic rings. The number of amides is 1. The normalized spacial score (nSPS) is 10.4. The maximum atomic E-state index is 12.2. The number of ether oxygens (including phenoxy) is 1. The van der Waals surface area contributed by atoms with Crippen molar-refractivity contribution in [3.63, 3.8) is 0 Å². The van der Waals surface area contributed by atoms with Crippen LogP contribution in [0.5, 0.6) is 5.75 Å². The molecule has 2 rings (SSSR count). The highest BCUT2D eigenvalue weighted by atomic mass is 35.5. The van der Waals surface area contributed by atoms with Gasteiger partial charge in [-0.1, -0.05) is 29.8 Å². The van der Waals surface area contributed by atoms with Crippen molar-refractivity contribution in [1.29, 1.82) is 0 Å². The van der Waals surface area contributed by atoms with Gasteiger partial charge in [0.15, 0.2) is 5.78 Å². The van der Waals surface area contributed by atoms with Crippen LogP contribution >= 0.6 is 22.9 Å². The molecule has 0 bridgehead atoms. The van der Waals surface area contributed by atoms with Crippen molar-refractivity contribution >= 4 is 34.6 Å². The molecule has 23 heavy (non-hydrogen) atoms. The van der Waals surface area contributed by atoms with E-state index in [2.05, 4.69) is 0 Å². The van der Waals surface area contributed by atoms with Crippen molar-refractivity contribution in [2.75, 3.05) is 14.2 Å². The molecule has 4 nitrogen and oxygen atoms in total. The maximum Gasteiger partial charge on any atom is 0.223 e. The molecule has 1 aromatic carbocycles. The fourth-order valence-electron chi connectivity index (χ4n) is 2.18. The van der Waals surface area contributed by atoms with Gasteiger partial charge in [-0.25, -0.2) is 0 Å². The Morgan fingerprint density at radius 1 is 1.17 bits per heavy atom. The van der Waals surface area contributed by atoms with Crippen LogP contribution in [0.2, 0.25) is 4.34 Å². The fourth-order valence-corrected chi connectivity index (χ4v) is 3.19. The van der Waals surface area contributed by atoms with Crippen LogP contribution in [-0.4, -0.2) is 30.7 Å². The molecule has 0 spiro atoms. The van der Waals surface area contributed by atoms with Crippen LogP contribution in [0, 0.1) is 0 Å². The SMILES string of the molecule is COc1ccccc1CN(C)C(=O)CCC(=O)c1ccc(Cl)s1. The Balaban J connectivity index is 1.89. The Bertz CT molecular complexity index is 699. The molecule has 0 saturated carbocycles. The first-order valence-electron chi connectivity index (χ1n) is 7.15. The third-order valence-corrected chi connectivity index (χ3v) is 4.71. The molecule has 0 radical (unpaired) electrons. The molecule has 0 aliphatic heterocycles. The molecule has 0 atom stereocenters. The summed E-state index contributed by atoms with van der Waals surface area (Å²) < 4.78 is 5.86. The number of hydrogen-bond acceptors (Lipinski definition) is 4. The van der Waals surface area contributed by atoms with Gasteiger partial charge in [0.2, 0.25) is 5.91 Å². The summed E-state index contributed by atoms with van der Waals surface area (Å²) in [6, 6.07) is 10.9. The van der Waals surface area contributed by atoms with Gasteiger partial charge in [0.25, 0.3) is 0 Å². The fraction of sp³-hybridized carbons (Fsp3) is 0.294. The van der Waals surface area contributed by atoms with E-state index in [4.69, 9.17) is 16.3 Å². The Labute approximate surface area is 144 Å². The van der Waals surface area contributed by atoms with Gasteiger partial charge < -0.3 is 9.64 Å². The van der Waals surface area contributed by atoms with E-state index in [1.54, 1.807) is 31.2 Å². The predicted molar refractivity (Wildman–Crippen MR) is 92.4 cm³/mol. The summed E-state index contributed by atoms with van der Waals surface area (Å²) in [6.07, 6.45) is 0.367. The molecule has 122 valence electrons. The molecule has 0 unspecified atom stereocenters. The molecular formula is C17H18ClNO3S. The van der Waals surface area contributed by atoms with Gasteiger partial charge in [0.1, 0.15) is 5.75 Å². The minimum Gasteiger partial charge on any atom is -0.496 e. The summed E-state index contributed by atoms with van der Waals surface area (Å²) in [5.41, 5.74) is 0.933. The lowest BCUT2D eigenvalue weighted by Gasteiger charge is -2.18. The summed E-state index contributed by atoms with van der Waals surface area (Å²) in [6.45, 7) is 0.446. The van der Waals surface area contributed by atoms with E-state index in [9.17, 15) is 9.59 Å². The van der Waals surface area contributed by atoms with Crippen molar-refractivity contribution in [3.05, 3.63) is 51.2 Å². The second-order valence-corrected chi connectivity index (χ2v) is 6.80. The predicted octanol–water partition coefficient (Wildman–Crippen LogP) is 4.03. The largest absolute Gasteiger partial charge is 0.496 e. The van der Waals surface area contributed by atoms with Crippen molar-refractivity contribution in [2.45, 2.75) is 19.4 Å². The van der Waals surface area contributed by atoms with Gasteiger partial charge in [0, 0.05) is 32.0 Å². The first-order valence-corrected chi connectivity index (χ1v) is 8.35. The summed E-state index contributed by atoms with van der Waals surface area (Å²) in [5.74, 6) is 0.615. The zero-order chi connectivity index (χ0) is 16.8. The molecule has 1 amide bonds. The lowest BCUT2D eigenvalue weighted by Crippen LogP contribution is -2.26. The lowest BCUT2D eigenvalue weighted by atomic mass is 10.1. The number of para-hydroxylation sites is 1. The van der Waals surface area contributed by atoms with Gasteiger partial charge in [-0.2, -0.15) is 0 Å². The Morgan fingerprint density at radius 3 is 2.57 bits per heavy atom. The van der Waals surface area contributed by atoms with E-state index in [-0.39, 0.29) is 24.5 Å². The molecule has 1 heterocycles. The molecule has 0 fully saturated rings. The van der Waals surface area contributed by atoms with E-state index < -0.39 is 0 Å². The maximum absolute atomic E-state index is 12.2. The number of ketones is 1. The van der Waals surface area contributed by atoms with Gasteiger partial charge in [0.05, 0.1) is 16.3 Å². The second kappa shape index (κ2) is 8.13. The smallest absolute Gasteiger partial charge is 0.223 e. The van der Waals surface area contributed by atoms with E-state index in [0.717, 1.165) is 11.3 Å². The topological polar surface area (TPSA) is 46.6 Å². The van der Waals surface area contributed by atoms with E-state index in [1.165, 1.54) is 11.3 Å². The molecule has 1 aromatic heterocycles. The van der Waals surface area contributed by atoms with E-state index in [0.29, 0.717) is 15.8 Å². The molecular weight excluding hydrogens is 334 g/mol. The van der Waals surface area contributed by atoms with Gasteiger partial charge in [-0.15, -0.1) is 11.3 Å². The number of rotatable bonds is 7. The summed E-state index contributed by atoms with van der Waals surface area (Å²) >= 11 is 7.05. The quantitative estimate of drug-likeness (QED) is 0.707. The first-order chi connectivity index (χ1) is 11.0. The van der Waals surface area contributed by atoms with Crippen LogP contribution in [0.1, 0.15) is 28.1 Å². The number of carbonyl (C=O) groups is 2. The average molecular weight is 352 g/mol. The van der Waals surface area contributed by atoms with Crippen LogP contribution in [0.25, 0.3) is 0 Å². The Morgan fingerprint density at radius 2 is 1.91 bits per heavy atom. The molecule has 0 N–H and O–H groups in total. The summed E-state index contributed by atoms with van der Waals surface area (Å²) in [7, 11) is 3.33. The molecule has 0 aliphatic carbocycles. The number of Topliss-reactive ketones (excluding diaryl/α,β-unsaturated/α-hetero) is 1. The van der Waals surface area contributed by atoms with Crippen molar-refractivity contribution < 1.29 is 14.3 Å². The number of carbonyl (C=O) groups excluding carboxylic acids is 2. The molecule has 2 aromatic rings. The third-order valence-electron chi connectivity index (χ3n) is 3.44. The summed E-state index contributed by atoms with van der Waals surface area (Å²) in [5, 5.41) is 0. The molecule has 6 heteroatoms. The minimum atomic E-state index is -0.0769. The Kier molecular flexibility index (Phi) is 6.19. The zero-order valence-electron chi connectivity index (χ0n) is 13.0. The number of methoxy groups -OCH3 is 1. The average Bonchev–Trinajstić information content (AvgIpc) is 2.99. The van der Waals surface area contributed by atoms with Gasteiger partial charge in [-0.05, 0) is 18.2 Å². The highest BCUT2D eigenvalue weighted by Crippen LogP contribution is 2.23. The number of benzene rings is 1. The third kappa shape index (κ3) is 4.81. The van der Waals surface area contributed by atoms with Crippen molar-refractivity contribution in [1.82, 2.24) is 4.90 Å². The van der Waals surface area contributed by atoms with Crippen molar-refractivity contribution in [2.24, 2.45) is 0 Å². The van der Waals surface area contributed by atoms with Crippen LogP contribution in [0.4, 0.5) is 0 Å². The number of hydrogen-bond donors (Lipinski definition) is 0. The first kappa shape index (κ1) is 17.5. The number of nitrogens with zero attached hydrogens (tertiary/aromatic N) is 1. The van der Waals surface area contributed by atoms with Gasteiger partial charge >= 0.3 is 0 Å². The second-order valence-electron chi connectivity index (χ2n) is 5.09. The standard InChI is InChI=1S/C17H18ClNO3S/c1-19(11-12-5-3-4-6-14(12)22-2)17(21)10-7-13(20)15-8-9-16(18)23-15/h3-6,8-9H,7,10-11H2,1-2H3.